The van der Waals surface area contributed by atoms with Crippen LogP contribution >= 0.6 is 12.2 Å². The average Bonchev–Trinajstić information content (AvgIpc) is 2.27. The summed E-state index contributed by atoms with van der Waals surface area (Å²) in [4.78, 5) is 4.11. The van der Waals surface area contributed by atoms with Crippen molar-refractivity contribution >= 4 is 32.9 Å². The fourth-order valence-electron chi connectivity index (χ4n) is 1.34. The van der Waals surface area contributed by atoms with Gasteiger partial charge in [-0.3, -0.25) is 0 Å². The maximum absolute atomic E-state index is 12.1. The first-order chi connectivity index (χ1) is 8.24. The maximum Gasteiger partial charge on any atom is 0.178 e. The third kappa shape index (κ3) is 4.69. The van der Waals surface area contributed by atoms with Gasteiger partial charge in [-0.05, 0) is 48.3 Å². The van der Waals surface area contributed by atoms with Gasteiger partial charge in [-0.25, -0.2) is 8.42 Å². The number of hydrogen-bond acceptors (Lipinski definition) is 4. The van der Waals surface area contributed by atoms with E-state index in [0.29, 0.717) is 17.0 Å². The zero-order valence-corrected chi connectivity index (χ0v) is 12.4. The molecule has 0 aliphatic carbocycles. The molecule has 1 aromatic carbocycles. The first-order valence-corrected chi connectivity index (χ1v) is 7.71. The molecule has 0 aromatic heterocycles. The van der Waals surface area contributed by atoms with Crippen LogP contribution in [0.25, 0.3) is 0 Å². The van der Waals surface area contributed by atoms with Gasteiger partial charge in [-0.1, -0.05) is 20.8 Å². The van der Waals surface area contributed by atoms with Crippen molar-refractivity contribution in [1.29, 1.82) is 0 Å². The van der Waals surface area contributed by atoms with E-state index in [2.05, 4.69) is 22.4 Å². The Morgan fingerprint density at radius 1 is 1.22 bits per heavy atom. The van der Waals surface area contributed by atoms with Gasteiger partial charge in [0, 0.05) is 0 Å². The van der Waals surface area contributed by atoms with E-state index in [0.717, 1.165) is 0 Å². The molecule has 0 saturated heterocycles. The van der Waals surface area contributed by atoms with Crippen molar-refractivity contribution in [2.45, 2.75) is 32.1 Å². The third-order valence-electron chi connectivity index (χ3n) is 2.49. The van der Waals surface area contributed by atoms with Gasteiger partial charge in [-0.2, -0.15) is 4.99 Å². The zero-order valence-electron chi connectivity index (χ0n) is 10.8. The highest BCUT2D eigenvalue weighted by atomic mass is 32.2. The predicted molar refractivity (Wildman–Crippen MR) is 77.3 cm³/mol. The van der Waals surface area contributed by atoms with Crippen molar-refractivity contribution in [2.75, 3.05) is 5.75 Å². The average molecular weight is 283 g/mol. The van der Waals surface area contributed by atoms with Crippen molar-refractivity contribution in [1.82, 2.24) is 0 Å². The van der Waals surface area contributed by atoms with Gasteiger partial charge in [0.1, 0.15) is 0 Å². The van der Waals surface area contributed by atoms with Crippen LogP contribution in [0.2, 0.25) is 0 Å². The minimum Gasteiger partial charge on any atom is -0.224 e. The predicted octanol–water partition coefficient (Wildman–Crippen LogP) is 3.63. The molecule has 0 N–H and O–H groups in total. The van der Waals surface area contributed by atoms with Gasteiger partial charge in [-0.15, -0.1) is 0 Å². The van der Waals surface area contributed by atoms with Crippen molar-refractivity contribution in [3.8, 4) is 0 Å². The highest BCUT2D eigenvalue weighted by molar-refractivity contribution is 7.91. The van der Waals surface area contributed by atoms with Gasteiger partial charge in [0.25, 0.3) is 0 Å². The molecule has 0 amide bonds. The Kier molecular flexibility index (Phi) is 4.79. The number of isothiocyanates is 1. The van der Waals surface area contributed by atoms with Crippen LogP contribution in [0, 0.1) is 5.41 Å². The number of hydrogen-bond donors (Lipinski definition) is 0. The lowest BCUT2D eigenvalue weighted by atomic mass is 9.94. The second kappa shape index (κ2) is 5.74. The number of benzene rings is 1. The number of thiocarbonyl (C=S) groups is 1. The first kappa shape index (κ1) is 15.0. The quantitative estimate of drug-likeness (QED) is 0.626. The monoisotopic (exact) mass is 283 g/mol. The smallest absolute Gasteiger partial charge is 0.178 e. The fraction of sp³-hybridized carbons (Fsp3) is 0.462. The van der Waals surface area contributed by atoms with Crippen LogP contribution in [0.3, 0.4) is 0 Å². The molecule has 0 unspecified atom stereocenters. The molecular weight excluding hydrogens is 266 g/mol. The van der Waals surface area contributed by atoms with Crippen LogP contribution in [0.15, 0.2) is 34.2 Å². The maximum atomic E-state index is 12.1. The minimum atomic E-state index is -3.21. The number of aliphatic imine (C=N–C) groups is 1. The molecular formula is C13H17NO2S2. The van der Waals surface area contributed by atoms with E-state index in [1.807, 2.05) is 20.8 Å². The summed E-state index contributed by atoms with van der Waals surface area (Å²) < 4.78 is 24.2. The molecule has 0 radical (unpaired) electrons. The zero-order chi connectivity index (χ0) is 13.8. The Balaban J connectivity index is 2.88. The summed E-state index contributed by atoms with van der Waals surface area (Å²) in [7, 11) is -3.21. The molecule has 0 spiro atoms. The van der Waals surface area contributed by atoms with E-state index >= 15 is 0 Å². The molecule has 0 aliphatic rings. The lowest BCUT2D eigenvalue weighted by Gasteiger charge is -2.17. The van der Waals surface area contributed by atoms with Crippen LogP contribution in [0.5, 0.6) is 0 Å². The van der Waals surface area contributed by atoms with Gasteiger partial charge in [0.05, 0.1) is 21.5 Å². The van der Waals surface area contributed by atoms with E-state index < -0.39 is 9.84 Å². The van der Waals surface area contributed by atoms with Crippen LogP contribution < -0.4 is 0 Å². The van der Waals surface area contributed by atoms with Gasteiger partial charge < -0.3 is 0 Å². The van der Waals surface area contributed by atoms with Gasteiger partial charge in [0.15, 0.2) is 9.84 Å². The largest absolute Gasteiger partial charge is 0.224 e. The van der Waals surface area contributed by atoms with Crippen LogP contribution in [-0.4, -0.2) is 19.3 Å². The molecule has 0 aliphatic heterocycles. The highest BCUT2D eigenvalue weighted by Crippen LogP contribution is 2.23. The van der Waals surface area contributed by atoms with E-state index in [1.165, 1.54) is 0 Å². The number of rotatable bonds is 4. The summed E-state index contributed by atoms with van der Waals surface area (Å²) in [6, 6.07) is 6.37. The highest BCUT2D eigenvalue weighted by Gasteiger charge is 2.19. The normalized spacial score (nSPS) is 11.9. The lowest BCUT2D eigenvalue weighted by molar-refractivity contribution is 0.397. The SMILES string of the molecule is CC(C)(C)CCS(=O)(=O)c1ccc(N=C=S)cc1. The lowest BCUT2D eigenvalue weighted by Crippen LogP contribution is -2.14. The standard InChI is InChI=1S/C13H17NO2S2/c1-13(2,3)8-9-18(15,16)12-6-4-11(5-7-12)14-10-17/h4-7H,8-9H2,1-3H3. The van der Waals surface area contributed by atoms with E-state index in [4.69, 9.17) is 0 Å². The molecule has 0 atom stereocenters. The summed E-state index contributed by atoms with van der Waals surface area (Å²) in [5.74, 6) is 0.159. The Morgan fingerprint density at radius 2 is 1.78 bits per heavy atom. The minimum absolute atomic E-state index is 0.00852. The molecule has 3 nitrogen and oxygen atoms in total. The Labute approximate surface area is 114 Å². The molecule has 5 heteroatoms. The van der Waals surface area contributed by atoms with E-state index in [1.54, 1.807) is 24.3 Å². The van der Waals surface area contributed by atoms with E-state index in [9.17, 15) is 8.42 Å². The molecule has 0 fully saturated rings. The summed E-state index contributed by atoms with van der Waals surface area (Å²) in [6.45, 7) is 6.08. The number of sulfone groups is 1. The summed E-state index contributed by atoms with van der Waals surface area (Å²) in [6.07, 6.45) is 0.634. The third-order valence-corrected chi connectivity index (χ3v) is 4.31. The number of nitrogens with zero attached hydrogens (tertiary/aromatic N) is 1. The fourth-order valence-corrected chi connectivity index (χ4v) is 3.11. The van der Waals surface area contributed by atoms with Crippen LogP contribution in [0.1, 0.15) is 27.2 Å². The van der Waals surface area contributed by atoms with Gasteiger partial charge >= 0.3 is 0 Å². The Morgan fingerprint density at radius 3 is 2.22 bits per heavy atom. The topological polar surface area (TPSA) is 46.5 Å². The van der Waals surface area contributed by atoms with Crippen LogP contribution in [0.4, 0.5) is 5.69 Å². The van der Waals surface area contributed by atoms with Crippen molar-refractivity contribution in [2.24, 2.45) is 10.4 Å². The summed E-state index contributed by atoms with van der Waals surface area (Å²) in [5, 5.41) is 2.25. The van der Waals surface area contributed by atoms with Crippen molar-refractivity contribution < 1.29 is 8.42 Å². The van der Waals surface area contributed by atoms with Gasteiger partial charge in [0.2, 0.25) is 0 Å². The molecule has 98 valence electrons. The van der Waals surface area contributed by atoms with Crippen molar-refractivity contribution in [3.63, 3.8) is 0 Å². The second-order valence-electron chi connectivity index (χ2n) is 5.33. The molecule has 1 aromatic rings. The van der Waals surface area contributed by atoms with Crippen molar-refractivity contribution in [3.05, 3.63) is 24.3 Å². The molecule has 1 rings (SSSR count). The van der Waals surface area contributed by atoms with E-state index in [-0.39, 0.29) is 11.2 Å². The first-order valence-electron chi connectivity index (χ1n) is 5.65. The summed E-state index contributed by atoms with van der Waals surface area (Å²) >= 11 is 4.49. The molecule has 0 bridgehead atoms. The molecule has 0 saturated carbocycles. The Hall–Kier alpha value is -1.03. The molecule has 0 heterocycles. The summed E-state index contributed by atoms with van der Waals surface area (Å²) in [5.41, 5.74) is 0.619. The Bertz CT molecular complexity index is 548. The molecule has 18 heavy (non-hydrogen) atoms. The second-order valence-corrected chi connectivity index (χ2v) is 7.62. The van der Waals surface area contributed by atoms with Crippen LogP contribution in [-0.2, 0) is 9.84 Å².